The fourth-order valence-electron chi connectivity index (χ4n) is 2.39. The Morgan fingerprint density at radius 1 is 1.00 bits per heavy atom. The minimum atomic E-state index is 0.620. The summed E-state index contributed by atoms with van der Waals surface area (Å²) in [6.45, 7) is 5.81. The van der Waals surface area contributed by atoms with E-state index in [2.05, 4.69) is 79.8 Å². The molecule has 0 aliphatic rings. The fourth-order valence-corrected chi connectivity index (χ4v) is 2.39. The van der Waals surface area contributed by atoms with Crippen molar-refractivity contribution in [2.75, 3.05) is 27.2 Å². The van der Waals surface area contributed by atoms with Gasteiger partial charge in [-0.1, -0.05) is 36.4 Å². The summed E-state index contributed by atoms with van der Waals surface area (Å²) >= 11 is 0. The molecule has 3 heteroatoms. The number of nitrogens with zero attached hydrogens (tertiary/aromatic N) is 1. The Morgan fingerprint density at radius 3 is 2.43 bits per heavy atom. The van der Waals surface area contributed by atoms with Crippen molar-refractivity contribution >= 4 is 0 Å². The van der Waals surface area contributed by atoms with Gasteiger partial charge in [0.2, 0.25) is 0 Å². The summed E-state index contributed by atoms with van der Waals surface area (Å²) < 4.78 is 5.87. The zero-order valence-electron chi connectivity index (χ0n) is 14.5. The van der Waals surface area contributed by atoms with Gasteiger partial charge in [-0.2, -0.15) is 0 Å². The number of rotatable bonds is 9. The molecule has 0 aliphatic heterocycles. The van der Waals surface area contributed by atoms with Crippen molar-refractivity contribution in [2.24, 2.45) is 0 Å². The summed E-state index contributed by atoms with van der Waals surface area (Å²) in [7, 11) is 4.21. The van der Waals surface area contributed by atoms with Crippen LogP contribution in [0, 0.1) is 6.92 Å². The highest BCUT2D eigenvalue weighted by molar-refractivity contribution is 5.29. The highest BCUT2D eigenvalue weighted by Crippen LogP contribution is 2.15. The summed E-state index contributed by atoms with van der Waals surface area (Å²) in [6.07, 6.45) is 1.17. The summed E-state index contributed by atoms with van der Waals surface area (Å²) in [5.41, 5.74) is 3.79. The summed E-state index contributed by atoms with van der Waals surface area (Å²) in [4.78, 5) is 2.21. The van der Waals surface area contributed by atoms with Gasteiger partial charge in [0.25, 0.3) is 0 Å². The molecule has 3 nitrogen and oxygen atoms in total. The van der Waals surface area contributed by atoms with Gasteiger partial charge in [-0.25, -0.2) is 0 Å². The molecule has 0 atom stereocenters. The van der Waals surface area contributed by atoms with Gasteiger partial charge in [0.05, 0.1) is 0 Å². The van der Waals surface area contributed by atoms with E-state index in [4.69, 9.17) is 4.74 Å². The Hall–Kier alpha value is -1.84. The molecule has 0 heterocycles. The van der Waals surface area contributed by atoms with Crippen molar-refractivity contribution in [2.45, 2.75) is 26.5 Å². The highest BCUT2D eigenvalue weighted by Gasteiger charge is 2.00. The lowest BCUT2D eigenvalue weighted by molar-refractivity contribution is 0.305. The molecule has 0 saturated carbocycles. The van der Waals surface area contributed by atoms with Crippen LogP contribution in [-0.2, 0) is 13.2 Å². The van der Waals surface area contributed by atoms with Crippen molar-refractivity contribution < 1.29 is 4.74 Å². The molecular formula is C20H28N2O. The topological polar surface area (TPSA) is 24.5 Å². The van der Waals surface area contributed by atoms with Crippen LogP contribution in [0.15, 0.2) is 48.5 Å². The number of nitrogens with one attached hydrogen (secondary N) is 1. The summed E-state index contributed by atoms with van der Waals surface area (Å²) in [6, 6.07) is 16.7. The molecule has 0 amide bonds. The maximum atomic E-state index is 5.87. The van der Waals surface area contributed by atoms with Crippen molar-refractivity contribution in [3.63, 3.8) is 0 Å². The number of hydrogen-bond donors (Lipinski definition) is 1. The van der Waals surface area contributed by atoms with Gasteiger partial charge in [-0.3, -0.25) is 0 Å². The molecule has 2 aromatic carbocycles. The molecule has 2 aromatic rings. The van der Waals surface area contributed by atoms with E-state index in [1.807, 2.05) is 0 Å². The molecule has 23 heavy (non-hydrogen) atoms. The molecular weight excluding hydrogens is 284 g/mol. The smallest absolute Gasteiger partial charge is 0.119 e. The van der Waals surface area contributed by atoms with Crippen LogP contribution in [0.25, 0.3) is 0 Å². The molecule has 1 N–H and O–H groups in total. The first-order chi connectivity index (χ1) is 11.1. The Labute approximate surface area is 140 Å². The molecule has 0 aromatic heterocycles. The predicted molar refractivity (Wildman–Crippen MR) is 96.8 cm³/mol. The van der Waals surface area contributed by atoms with Gasteiger partial charge < -0.3 is 15.0 Å². The molecule has 124 valence electrons. The van der Waals surface area contributed by atoms with Crippen molar-refractivity contribution in [3.05, 3.63) is 65.2 Å². The molecule has 0 radical (unpaired) electrons. The van der Waals surface area contributed by atoms with E-state index in [9.17, 15) is 0 Å². The van der Waals surface area contributed by atoms with Crippen molar-refractivity contribution in [1.29, 1.82) is 0 Å². The lowest BCUT2D eigenvalue weighted by Gasteiger charge is -2.11. The largest absolute Gasteiger partial charge is 0.489 e. The van der Waals surface area contributed by atoms with Crippen LogP contribution < -0.4 is 10.1 Å². The molecule has 0 bridgehead atoms. The van der Waals surface area contributed by atoms with Crippen LogP contribution in [0.5, 0.6) is 5.75 Å². The quantitative estimate of drug-likeness (QED) is 0.716. The van der Waals surface area contributed by atoms with E-state index >= 15 is 0 Å². The van der Waals surface area contributed by atoms with Gasteiger partial charge in [-0.15, -0.1) is 0 Å². The van der Waals surface area contributed by atoms with Gasteiger partial charge in [0.15, 0.2) is 0 Å². The van der Waals surface area contributed by atoms with Crippen molar-refractivity contribution in [3.8, 4) is 5.75 Å². The van der Waals surface area contributed by atoms with E-state index in [0.717, 1.165) is 25.4 Å². The average Bonchev–Trinajstić information content (AvgIpc) is 2.55. The molecule has 0 spiro atoms. The number of benzene rings is 2. The normalized spacial score (nSPS) is 11.0. The molecule has 0 fully saturated rings. The minimum Gasteiger partial charge on any atom is -0.489 e. The van der Waals surface area contributed by atoms with E-state index in [0.29, 0.717) is 6.61 Å². The average molecular weight is 312 g/mol. The molecule has 0 saturated heterocycles. The lowest BCUT2D eigenvalue weighted by Crippen LogP contribution is -2.20. The second-order valence-corrected chi connectivity index (χ2v) is 6.19. The number of aryl methyl sites for hydroxylation is 1. The lowest BCUT2D eigenvalue weighted by atomic mass is 10.1. The second kappa shape index (κ2) is 9.33. The maximum absolute atomic E-state index is 5.87. The van der Waals surface area contributed by atoms with Crippen LogP contribution in [-0.4, -0.2) is 32.1 Å². The predicted octanol–water partition coefficient (Wildman–Crippen LogP) is 3.62. The third-order valence-corrected chi connectivity index (χ3v) is 3.87. The van der Waals surface area contributed by atoms with Crippen LogP contribution in [0.2, 0.25) is 0 Å². The Kier molecular flexibility index (Phi) is 7.11. The number of ether oxygens (including phenoxy) is 1. The standard InChI is InChI=1S/C20H28N2O/c1-17-7-4-5-8-19(17)16-23-20-11-9-18(10-12-20)15-21-13-6-14-22(2)3/h4-5,7-12,21H,6,13-16H2,1-3H3. The van der Waals surface area contributed by atoms with Gasteiger partial charge in [-0.05, 0) is 69.4 Å². The Bertz CT molecular complexity index is 578. The highest BCUT2D eigenvalue weighted by atomic mass is 16.5. The Morgan fingerprint density at radius 2 is 1.74 bits per heavy atom. The molecule has 0 unspecified atom stereocenters. The van der Waals surface area contributed by atoms with Gasteiger partial charge in [0.1, 0.15) is 12.4 Å². The van der Waals surface area contributed by atoms with Crippen LogP contribution >= 0.6 is 0 Å². The van der Waals surface area contributed by atoms with Crippen LogP contribution in [0.1, 0.15) is 23.1 Å². The van der Waals surface area contributed by atoms with Gasteiger partial charge >= 0.3 is 0 Å². The first-order valence-electron chi connectivity index (χ1n) is 8.27. The Balaban J connectivity index is 1.73. The zero-order chi connectivity index (χ0) is 16.5. The molecule has 2 rings (SSSR count). The van der Waals surface area contributed by atoms with E-state index in [-0.39, 0.29) is 0 Å². The first kappa shape index (κ1) is 17.5. The second-order valence-electron chi connectivity index (χ2n) is 6.19. The van der Waals surface area contributed by atoms with Crippen molar-refractivity contribution in [1.82, 2.24) is 10.2 Å². The zero-order valence-corrected chi connectivity index (χ0v) is 14.5. The third kappa shape index (κ3) is 6.43. The maximum Gasteiger partial charge on any atom is 0.119 e. The third-order valence-electron chi connectivity index (χ3n) is 3.87. The van der Waals surface area contributed by atoms with E-state index in [1.54, 1.807) is 0 Å². The fraction of sp³-hybridized carbons (Fsp3) is 0.400. The summed E-state index contributed by atoms with van der Waals surface area (Å²) in [5.74, 6) is 0.921. The first-order valence-corrected chi connectivity index (χ1v) is 8.27. The van der Waals surface area contributed by atoms with E-state index in [1.165, 1.54) is 23.1 Å². The van der Waals surface area contributed by atoms with E-state index < -0.39 is 0 Å². The SMILES string of the molecule is Cc1ccccc1COc1ccc(CNCCCN(C)C)cc1. The summed E-state index contributed by atoms with van der Waals surface area (Å²) in [5, 5.41) is 3.47. The number of hydrogen-bond acceptors (Lipinski definition) is 3. The van der Waals surface area contributed by atoms with Gasteiger partial charge in [0, 0.05) is 6.54 Å². The monoisotopic (exact) mass is 312 g/mol. The van der Waals surface area contributed by atoms with Crippen LogP contribution in [0.4, 0.5) is 0 Å². The minimum absolute atomic E-state index is 0.620. The molecule has 0 aliphatic carbocycles. The van der Waals surface area contributed by atoms with Crippen LogP contribution in [0.3, 0.4) is 0 Å².